The lowest BCUT2D eigenvalue weighted by molar-refractivity contribution is 0.563. The summed E-state index contributed by atoms with van der Waals surface area (Å²) in [5.74, 6) is 1.49. The minimum absolute atomic E-state index is 0. The molecule has 7 heteroatoms. The first kappa shape index (κ1) is 28.1. The fraction of sp³-hybridized carbons (Fsp3) is 0.522. The molecular weight excluding hydrogens is 417 g/mol. The maximum Gasteiger partial charge on any atom is 0.153 e. The average molecular weight is 454 g/mol. The van der Waals surface area contributed by atoms with Crippen molar-refractivity contribution in [3.63, 3.8) is 0 Å². The van der Waals surface area contributed by atoms with Crippen molar-refractivity contribution < 1.29 is 0 Å². The van der Waals surface area contributed by atoms with Gasteiger partial charge in [-0.2, -0.15) is 5.11 Å². The van der Waals surface area contributed by atoms with Gasteiger partial charge in [-0.3, -0.25) is 0 Å². The molecule has 2 rings (SSSR count). The largest absolute Gasteiger partial charge is 0.384 e. The number of hydrogen-bond donors (Lipinski definition) is 2. The molecule has 0 saturated carbocycles. The molecular formula is C23H37Cl2N5. The Balaban J connectivity index is 0.000000557. The van der Waals surface area contributed by atoms with Gasteiger partial charge < -0.3 is 11.5 Å². The van der Waals surface area contributed by atoms with Gasteiger partial charge in [-0.15, -0.1) is 29.1 Å². The van der Waals surface area contributed by atoms with Gasteiger partial charge in [-0.25, -0.2) is 4.98 Å². The second-order valence-electron chi connectivity index (χ2n) is 7.05. The Labute approximate surface area is 193 Å². The number of nitrogens with zero attached hydrogens (tertiary/aromatic N) is 3. The van der Waals surface area contributed by atoms with E-state index < -0.39 is 0 Å². The van der Waals surface area contributed by atoms with E-state index in [1.807, 2.05) is 30.3 Å². The van der Waals surface area contributed by atoms with Crippen molar-refractivity contribution in [3.05, 3.63) is 42.5 Å². The van der Waals surface area contributed by atoms with Crippen LogP contribution in [0.1, 0.15) is 71.1 Å². The molecule has 0 aliphatic heterocycles. The number of nitrogens with two attached hydrogens (primary N) is 2. The molecule has 4 N–H and O–H groups in total. The number of halogens is 2. The predicted octanol–water partition coefficient (Wildman–Crippen LogP) is 8.23. The number of azo groups is 1. The number of nitrogen functional groups attached to an aromatic ring is 2. The lowest BCUT2D eigenvalue weighted by atomic mass is 10.1. The summed E-state index contributed by atoms with van der Waals surface area (Å²) in [5.41, 5.74) is 12.4. The van der Waals surface area contributed by atoms with Crippen LogP contribution in [0.3, 0.4) is 0 Å². The summed E-state index contributed by atoms with van der Waals surface area (Å²) in [7, 11) is 0. The smallest absolute Gasteiger partial charge is 0.153 e. The van der Waals surface area contributed by atoms with Crippen LogP contribution < -0.4 is 11.5 Å². The summed E-state index contributed by atoms with van der Waals surface area (Å²) in [5, 5.41) is 8.03. The van der Waals surface area contributed by atoms with E-state index in [2.05, 4.69) is 22.1 Å². The number of rotatable bonds is 12. The monoisotopic (exact) mass is 453 g/mol. The van der Waals surface area contributed by atoms with E-state index in [-0.39, 0.29) is 18.2 Å². The second kappa shape index (κ2) is 19.1. The normalized spacial score (nSPS) is 10.3. The van der Waals surface area contributed by atoms with Crippen LogP contribution in [0, 0.1) is 0 Å². The van der Waals surface area contributed by atoms with E-state index in [9.17, 15) is 0 Å². The summed E-state index contributed by atoms with van der Waals surface area (Å²) in [4.78, 5) is 3.89. The Hall–Kier alpha value is -1.85. The molecule has 0 saturated heterocycles. The summed E-state index contributed by atoms with van der Waals surface area (Å²) in [6.07, 6.45) is 13.9. The van der Waals surface area contributed by atoms with Gasteiger partial charge in [0.1, 0.15) is 11.5 Å². The van der Waals surface area contributed by atoms with Gasteiger partial charge in [0, 0.05) is 5.88 Å². The predicted molar refractivity (Wildman–Crippen MR) is 133 cm³/mol. The van der Waals surface area contributed by atoms with E-state index in [4.69, 9.17) is 23.1 Å². The molecule has 0 amide bonds. The quantitative estimate of drug-likeness (QED) is 0.192. The van der Waals surface area contributed by atoms with Crippen LogP contribution in [-0.2, 0) is 0 Å². The van der Waals surface area contributed by atoms with Gasteiger partial charge in [0.05, 0.1) is 5.69 Å². The molecule has 168 valence electrons. The van der Waals surface area contributed by atoms with Crippen LogP contribution in [0.15, 0.2) is 52.7 Å². The van der Waals surface area contributed by atoms with Gasteiger partial charge in [0.15, 0.2) is 5.82 Å². The highest BCUT2D eigenvalue weighted by atomic mass is 35.5. The molecule has 0 atom stereocenters. The lowest BCUT2D eigenvalue weighted by Crippen LogP contribution is -1.95. The van der Waals surface area contributed by atoms with Crippen molar-refractivity contribution in [2.45, 2.75) is 71.1 Å². The third kappa shape index (κ3) is 14.2. The van der Waals surface area contributed by atoms with Crippen molar-refractivity contribution in [1.29, 1.82) is 0 Å². The van der Waals surface area contributed by atoms with Crippen LogP contribution in [0.25, 0.3) is 0 Å². The first-order chi connectivity index (χ1) is 14.2. The van der Waals surface area contributed by atoms with Crippen LogP contribution in [0.4, 0.5) is 23.0 Å². The SMILES string of the molecule is CCCCCCCCCCCCCl.Cl.Nc1ccc(/N=N/c2ccccc2)c(N)n1. The van der Waals surface area contributed by atoms with Crippen molar-refractivity contribution in [1.82, 2.24) is 4.98 Å². The van der Waals surface area contributed by atoms with Gasteiger partial charge in [-0.05, 0) is 30.7 Å². The Bertz CT molecular complexity index is 671. The van der Waals surface area contributed by atoms with E-state index >= 15 is 0 Å². The number of aromatic nitrogens is 1. The first-order valence-corrected chi connectivity index (χ1v) is 11.3. The Morgan fingerprint density at radius 3 is 1.87 bits per heavy atom. The van der Waals surface area contributed by atoms with E-state index in [1.54, 1.807) is 12.1 Å². The van der Waals surface area contributed by atoms with Crippen LogP contribution >= 0.6 is 24.0 Å². The molecule has 0 bridgehead atoms. The summed E-state index contributed by atoms with van der Waals surface area (Å²) in [6, 6.07) is 12.7. The highest BCUT2D eigenvalue weighted by Crippen LogP contribution is 2.23. The van der Waals surface area contributed by atoms with Gasteiger partial charge in [0.25, 0.3) is 0 Å². The van der Waals surface area contributed by atoms with Crippen LogP contribution in [0.5, 0.6) is 0 Å². The maximum atomic E-state index is 5.64. The fourth-order valence-electron chi connectivity index (χ4n) is 2.76. The average Bonchev–Trinajstić information content (AvgIpc) is 2.73. The lowest BCUT2D eigenvalue weighted by Gasteiger charge is -2.00. The molecule has 5 nitrogen and oxygen atoms in total. The molecule has 0 aliphatic carbocycles. The zero-order valence-corrected chi connectivity index (χ0v) is 19.7. The highest BCUT2D eigenvalue weighted by molar-refractivity contribution is 6.17. The molecule has 0 unspecified atom stereocenters. The number of anilines is 2. The summed E-state index contributed by atoms with van der Waals surface area (Å²) in [6.45, 7) is 2.27. The minimum atomic E-state index is 0. The molecule has 0 radical (unpaired) electrons. The number of alkyl halides is 1. The Kier molecular flexibility index (Phi) is 18.0. The molecule has 30 heavy (non-hydrogen) atoms. The molecule has 1 aromatic heterocycles. The minimum Gasteiger partial charge on any atom is -0.384 e. The van der Waals surface area contributed by atoms with Crippen molar-refractivity contribution in [2.24, 2.45) is 10.2 Å². The zero-order valence-electron chi connectivity index (χ0n) is 18.1. The number of unbranched alkanes of at least 4 members (excludes halogenated alkanes) is 9. The molecule has 2 aromatic rings. The van der Waals surface area contributed by atoms with Crippen LogP contribution in [0.2, 0.25) is 0 Å². The fourth-order valence-corrected chi connectivity index (χ4v) is 2.95. The van der Waals surface area contributed by atoms with Crippen LogP contribution in [-0.4, -0.2) is 10.9 Å². The first-order valence-electron chi connectivity index (χ1n) is 10.7. The van der Waals surface area contributed by atoms with Crippen molar-refractivity contribution >= 4 is 47.0 Å². The summed E-state index contributed by atoms with van der Waals surface area (Å²) < 4.78 is 0. The van der Waals surface area contributed by atoms with Crippen molar-refractivity contribution in [3.8, 4) is 0 Å². The third-order valence-corrected chi connectivity index (χ3v) is 4.71. The van der Waals surface area contributed by atoms with E-state index in [0.29, 0.717) is 11.5 Å². The Morgan fingerprint density at radius 1 is 0.767 bits per heavy atom. The van der Waals surface area contributed by atoms with E-state index in [1.165, 1.54) is 64.2 Å². The molecule has 1 aromatic carbocycles. The van der Waals surface area contributed by atoms with Gasteiger partial charge >= 0.3 is 0 Å². The summed E-state index contributed by atoms with van der Waals surface area (Å²) >= 11 is 5.60. The van der Waals surface area contributed by atoms with Gasteiger partial charge in [-0.1, -0.05) is 82.9 Å². The second-order valence-corrected chi connectivity index (χ2v) is 7.42. The number of hydrogen-bond acceptors (Lipinski definition) is 5. The molecule has 0 fully saturated rings. The topological polar surface area (TPSA) is 89.6 Å². The number of pyridine rings is 1. The standard InChI is InChI=1S/C12H25Cl.C11H11N5.ClH/c1-2-3-4-5-6-7-8-9-10-11-12-13;12-10-7-6-9(11(13)14-10)16-15-8-4-2-1-3-5-8;/h2-12H2,1H3;1-7H,(H4,12,13,14);1H/b;16-15+;. The maximum absolute atomic E-state index is 5.64. The Morgan fingerprint density at radius 2 is 1.33 bits per heavy atom. The number of benzene rings is 1. The van der Waals surface area contributed by atoms with Crippen molar-refractivity contribution in [2.75, 3.05) is 17.3 Å². The zero-order chi connectivity index (χ0) is 21.2. The third-order valence-electron chi connectivity index (χ3n) is 4.44. The molecule has 0 aliphatic rings. The molecule has 0 spiro atoms. The highest BCUT2D eigenvalue weighted by Gasteiger charge is 1.98. The van der Waals surface area contributed by atoms with E-state index in [0.717, 1.165) is 11.6 Å². The van der Waals surface area contributed by atoms with Gasteiger partial charge in [0.2, 0.25) is 0 Å². The molecule has 1 heterocycles.